The molecule has 24 heavy (non-hydrogen) atoms. The topological polar surface area (TPSA) is 39.5 Å². The molecule has 124 valence electrons. The summed E-state index contributed by atoms with van der Waals surface area (Å²) in [6.07, 6.45) is 0. The van der Waals surface area contributed by atoms with Gasteiger partial charge in [0.25, 0.3) is 0 Å². The van der Waals surface area contributed by atoms with E-state index in [1.54, 1.807) is 0 Å². The summed E-state index contributed by atoms with van der Waals surface area (Å²) in [5.74, 6) is 0.942. The Morgan fingerprint density at radius 3 is 2.21 bits per heavy atom. The third-order valence-corrected chi connectivity index (χ3v) is 4.37. The zero-order valence-corrected chi connectivity index (χ0v) is 13.9. The molecule has 1 heterocycles. The lowest BCUT2D eigenvalue weighted by Crippen LogP contribution is -2.47. The van der Waals surface area contributed by atoms with Crippen molar-refractivity contribution in [2.45, 2.75) is 6.54 Å². The number of rotatable bonds is 6. The molecular formula is C20H23N3O. The van der Waals surface area contributed by atoms with Gasteiger partial charge in [0.2, 0.25) is 0 Å². The van der Waals surface area contributed by atoms with E-state index in [1.807, 2.05) is 42.5 Å². The lowest BCUT2D eigenvalue weighted by atomic mass is 10.1. The minimum absolute atomic E-state index is 0.724. The van der Waals surface area contributed by atoms with Crippen LogP contribution in [0.4, 0.5) is 0 Å². The van der Waals surface area contributed by atoms with Crippen molar-refractivity contribution < 1.29 is 4.74 Å². The van der Waals surface area contributed by atoms with Crippen molar-refractivity contribution in [3.05, 3.63) is 65.7 Å². The average Bonchev–Trinajstić information content (AvgIpc) is 2.65. The van der Waals surface area contributed by atoms with E-state index in [0.717, 1.165) is 57.2 Å². The van der Waals surface area contributed by atoms with E-state index in [0.29, 0.717) is 0 Å². The highest BCUT2D eigenvalue weighted by Gasteiger charge is 2.16. The van der Waals surface area contributed by atoms with Crippen molar-refractivity contribution in [3.63, 3.8) is 0 Å². The minimum atomic E-state index is 0.724. The second-order valence-electron chi connectivity index (χ2n) is 6.09. The molecule has 0 amide bonds. The van der Waals surface area contributed by atoms with Gasteiger partial charge >= 0.3 is 0 Å². The van der Waals surface area contributed by atoms with Crippen LogP contribution in [0.25, 0.3) is 0 Å². The van der Waals surface area contributed by atoms with Gasteiger partial charge in [0, 0.05) is 39.3 Å². The Balaban J connectivity index is 1.37. The van der Waals surface area contributed by atoms with Crippen molar-refractivity contribution >= 4 is 0 Å². The van der Waals surface area contributed by atoms with Crippen molar-refractivity contribution in [2.24, 2.45) is 0 Å². The molecule has 2 aromatic carbocycles. The summed E-state index contributed by atoms with van der Waals surface area (Å²) in [6, 6.07) is 20.0. The van der Waals surface area contributed by atoms with E-state index in [2.05, 4.69) is 28.0 Å². The highest BCUT2D eigenvalue weighted by atomic mass is 16.5. The van der Waals surface area contributed by atoms with E-state index >= 15 is 0 Å². The Morgan fingerprint density at radius 2 is 1.54 bits per heavy atom. The third kappa shape index (κ3) is 4.82. The van der Waals surface area contributed by atoms with Gasteiger partial charge in [-0.3, -0.25) is 9.80 Å². The van der Waals surface area contributed by atoms with Crippen molar-refractivity contribution in [1.29, 1.82) is 5.26 Å². The number of hydrogen-bond donors (Lipinski definition) is 0. The Morgan fingerprint density at radius 1 is 0.875 bits per heavy atom. The van der Waals surface area contributed by atoms with Crippen LogP contribution in [0.15, 0.2) is 54.6 Å². The molecule has 1 saturated heterocycles. The fraction of sp³-hybridized carbons (Fsp3) is 0.350. The van der Waals surface area contributed by atoms with Gasteiger partial charge in [-0.25, -0.2) is 0 Å². The molecule has 0 saturated carbocycles. The zero-order chi connectivity index (χ0) is 16.6. The molecule has 0 aliphatic carbocycles. The first-order valence-corrected chi connectivity index (χ1v) is 8.45. The molecule has 0 spiro atoms. The Labute approximate surface area is 143 Å². The van der Waals surface area contributed by atoms with Crippen LogP contribution in [0, 0.1) is 11.3 Å². The van der Waals surface area contributed by atoms with Crippen LogP contribution in [0.5, 0.6) is 5.75 Å². The first-order valence-electron chi connectivity index (χ1n) is 8.45. The molecule has 4 nitrogen and oxygen atoms in total. The van der Waals surface area contributed by atoms with Crippen molar-refractivity contribution in [2.75, 3.05) is 39.3 Å². The summed E-state index contributed by atoms with van der Waals surface area (Å²) in [6.45, 7) is 6.97. The molecule has 0 radical (unpaired) electrons. The normalized spacial score (nSPS) is 15.8. The molecule has 1 aliphatic rings. The first-order chi connectivity index (χ1) is 11.8. The standard InChI is InChI=1S/C20H23N3O/c21-16-18-6-8-19(9-7-18)17-23-12-10-22(11-13-23)14-15-24-20-4-2-1-3-5-20/h1-9H,10-15,17H2. The van der Waals surface area contributed by atoms with E-state index in [1.165, 1.54) is 5.56 Å². The second-order valence-corrected chi connectivity index (χ2v) is 6.09. The quantitative estimate of drug-likeness (QED) is 0.820. The molecule has 0 unspecified atom stereocenters. The highest BCUT2D eigenvalue weighted by Crippen LogP contribution is 2.11. The number of nitriles is 1. The van der Waals surface area contributed by atoms with Gasteiger partial charge in [0.05, 0.1) is 11.6 Å². The summed E-state index contributed by atoms with van der Waals surface area (Å²) in [5, 5.41) is 8.85. The SMILES string of the molecule is N#Cc1ccc(CN2CCN(CCOc3ccccc3)CC2)cc1. The summed E-state index contributed by atoms with van der Waals surface area (Å²) in [5.41, 5.74) is 2.00. The Kier molecular flexibility index (Phi) is 5.84. The number of ether oxygens (including phenoxy) is 1. The number of hydrogen-bond acceptors (Lipinski definition) is 4. The molecule has 0 N–H and O–H groups in total. The van der Waals surface area contributed by atoms with E-state index in [9.17, 15) is 0 Å². The fourth-order valence-corrected chi connectivity index (χ4v) is 2.92. The Bertz CT molecular complexity index is 656. The van der Waals surface area contributed by atoms with Crippen LogP contribution in [0.3, 0.4) is 0 Å². The predicted molar refractivity (Wildman–Crippen MR) is 94.8 cm³/mol. The van der Waals surface area contributed by atoms with Crippen molar-refractivity contribution in [1.82, 2.24) is 9.80 Å². The van der Waals surface area contributed by atoms with Crippen LogP contribution in [0.2, 0.25) is 0 Å². The molecule has 0 aromatic heterocycles. The van der Waals surface area contributed by atoms with Crippen LogP contribution < -0.4 is 4.74 Å². The van der Waals surface area contributed by atoms with Gasteiger partial charge in [-0.2, -0.15) is 5.26 Å². The number of para-hydroxylation sites is 1. The fourth-order valence-electron chi connectivity index (χ4n) is 2.92. The van der Waals surface area contributed by atoms with Crippen LogP contribution in [0.1, 0.15) is 11.1 Å². The molecule has 4 heteroatoms. The zero-order valence-electron chi connectivity index (χ0n) is 13.9. The number of nitrogens with zero attached hydrogens (tertiary/aromatic N) is 3. The maximum atomic E-state index is 8.85. The van der Waals surface area contributed by atoms with E-state index < -0.39 is 0 Å². The van der Waals surface area contributed by atoms with Gasteiger partial charge in [0.1, 0.15) is 12.4 Å². The summed E-state index contributed by atoms with van der Waals surface area (Å²) in [7, 11) is 0. The summed E-state index contributed by atoms with van der Waals surface area (Å²) >= 11 is 0. The molecule has 0 atom stereocenters. The lowest BCUT2D eigenvalue weighted by Gasteiger charge is -2.34. The number of piperazine rings is 1. The van der Waals surface area contributed by atoms with Crippen LogP contribution >= 0.6 is 0 Å². The summed E-state index contributed by atoms with van der Waals surface area (Å²) in [4.78, 5) is 4.92. The molecule has 1 aliphatic heterocycles. The monoisotopic (exact) mass is 321 g/mol. The van der Waals surface area contributed by atoms with Crippen LogP contribution in [-0.2, 0) is 6.54 Å². The van der Waals surface area contributed by atoms with Crippen LogP contribution in [-0.4, -0.2) is 49.1 Å². The maximum absolute atomic E-state index is 8.85. The van der Waals surface area contributed by atoms with Gasteiger partial charge < -0.3 is 4.74 Å². The molecule has 3 rings (SSSR count). The minimum Gasteiger partial charge on any atom is -0.492 e. The smallest absolute Gasteiger partial charge is 0.119 e. The number of benzene rings is 2. The summed E-state index contributed by atoms with van der Waals surface area (Å²) < 4.78 is 5.77. The van der Waals surface area contributed by atoms with Gasteiger partial charge in [0.15, 0.2) is 0 Å². The van der Waals surface area contributed by atoms with Gasteiger partial charge in [-0.15, -0.1) is 0 Å². The Hall–Kier alpha value is -2.35. The van der Waals surface area contributed by atoms with Gasteiger partial charge in [-0.05, 0) is 29.8 Å². The molecule has 1 fully saturated rings. The first kappa shape index (κ1) is 16.5. The predicted octanol–water partition coefficient (Wildman–Crippen LogP) is 2.75. The molecule has 0 bridgehead atoms. The molecular weight excluding hydrogens is 298 g/mol. The maximum Gasteiger partial charge on any atom is 0.119 e. The third-order valence-electron chi connectivity index (χ3n) is 4.37. The molecule has 2 aromatic rings. The average molecular weight is 321 g/mol. The second kappa shape index (κ2) is 8.49. The van der Waals surface area contributed by atoms with Gasteiger partial charge in [-0.1, -0.05) is 30.3 Å². The highest BCUT2D eigenvalue weighted by molar-refractivity contribution is 5.31. The van der Waals surface area contributed by atoms with Crippen molar-refractivity contribution in [3.8, 4) is 11.8 Å². The largest absolute Gasteiger partial charge is 0.492 e. The lowest BCUT2D eigenvalue weighted by molar-refractivity contribution is 0.112. The van der Waals surface area contributed by atoms with E-state index in [-0.39, 0.29) is 0 Å². The van der Waals surface area contributed by atoms with E-state index in [4.69, 9.17) is 10.00 Å².